The fraction of sp³-hybridized carbons (Fsp3) is 0.625. The molecule has 2 atom stereocenters. The molecule has 0 spiro atoms. The number of nitrogens with zero attached hydrogens (tertiary/aromatic N) is 1. The predicted molar refractivity (Wildman–Crippen MR) is 79.5 cm³/mol. The first-order chi connectivity index (χ1) is 8.47. The minimum atomic E-state index is 0.568. The third-order valence-corrected chi connectivity index (χ3v) is 3.79. The van der Waals surface area contributed by atoms with Gasteiger partial charge in [0.2, 0.25) is 0 Å². The summed E-state index contributed by atoms with van der Waals surface area (Å²) in [7, 11) is 0. The fourth-order valence-corrected chi connectivity index (χ4v) is 2.92. The van der Waals surface area contributed by atoms with Crippen molar-refractivity contribution in [2.24, 2.45) is 0 Å². The zero-order valence-corrected chi connectivity index (χ0v) is 12.3. The molecule has 0 aromatic heterocycles. The molecule has 1 aromatic rings. The number of benzene rings is 1. The highest BCUT2D eigenvalue weighted by Crippen LogP contribution is 2.26. The molecule has 1 N–H and O–H groups in total. The molecule has 0 bridgehead atoms. The Labute approximate surface area is 111 Å². The van der Waals surface area contributed by atoms with Crippen molar-refractivity contribution in [2.45, 2.75) is 52.6 Å². The van der Waals surface area contributed by atoms with Crippen LogP contribution in [0.15, 0.2) is 18.2 Å². The minimum absolute atomic E-state index is 0.568. The number of hydrogen-bond acceptors (Lipinski definition) is 2. The van der Waals surface area contributed by atoms with Crippen molar-refractivity contribution < 1.29 is 0 Å². The molecular formula is C16H26N2. The van der Waals surface area contributed by atoms with E-state index in [1.54, 1.807) is 0 Å². The van der Waals surface area contributed by atoms with E-state index < -0.39 is 0 Å². The molecule has 0 unspecified atom stereocenters. The number of hydrogen-bond donors (Lipinski definition) is 1. The average Bonchev–Trinajstić information content (AvgIpc) is 2.27. The molecule has 100 valence electrons. The highest BCUT2D eigenvalue weighted by Gasteiger charge is 2.22. The molecule has 1 aliphatic rings. The van der Waals surface area contributed by atoms with Crippen molar-refractivity contribution in [3.05, 3.63) is 29.3 Å². The SMILES string of the molecule is Cc1cc(C(C)C)ccc1N1C[C@@H](C)N[C@@H](C)C1. The maximum atomic E-state index is 3.59. The van der Waals surface area contributed by atoms with Gasteiger partial charge in [0, 0.05) is 30.9 Å². The summed E-state index contributed by atoms with van der Waals surface area (Å²) in [4.78, 5) is 2.52. The number of rotatable bonds is 2. The van der Waals surface area contributed by atoms with Crippen LogP contribution >= 0.6 is 0 Å². The van der Waals surface area contributed by atoms with Gasteiger partial charge in [-0.15, -0.1) is 0 Å². The first-order valence-electron chi connectivity index (χ1n) is 7.09. The van der Waals surface area contributed by atoms with E-state index in [1.807, 2.05) is 0 Å². The Morgan fingerprint density at radius 2 is 1.78 bits per heavy atom. The van der Waals surface area contributed by atoms with Crippen LogP contribution in [0.2, 0.25) is 0 Å². The topological polar surface area (TPSA) is 15.3 Å². The van der Waals surface area contributed by atoms with E-state index in [0.29, 0.717) is 18.0 Å². The van der Waals surface area contributed by atoms with Gasteiger partial charge < -0.3 is 10.2 Å². The van der Waals surface area contributed by atoms with Crippen molar-refractivity contribution >= 4 is 5.69 Å². The van der Waals surface area contributed by atoms with Crippen LogP contribution in [0.1, 0.15) is 44.7 Å². The Bertz CT molecular complexity index is 402. The quantitative estimate of drug-likeness (QED) is 0.861. The van der Waals surface area contributed by atoms with Crippen LogP contribution in [0.4, 0.5) is 5.69 Å². The van der Waals surface area contributed by atoms with Gasteiger partial charge in [-0.05, 0) is 43.9 Å². The molecule has 2 rings (SSSR count). The van der Waals surface area contributed by atoms with Gasteiger partial charge in [0.05, 0.1) is 0 Å². The average molecular weight is 246 g/mol. The van der Waals surface area contributed by atoms with Crippen LogP contribution in [0, 0.1) is 6.92 Å². The van der Waals surface area contributed by atoms with E-state index in [9.17, 15) is 0 Å². The van der Waals surface area contributed by atoms with Crippen molar-refractivity contribution in [1.82, 2.24) is 5.32 Å². The van der Waals surface area contributed by atoms with E-state index in [-0.39, 0.29) is 0 Å². The standard InChI is InChI=1S/C16H26N2/c1-11(2)15-6-7-16(12(3)8-15)18-9-13(4)17-14(5)10-18/h6-8,11,13-14,17H,9-10H2,1-5H3/t13-,14+. The minimum Gasteiger partial charge on any atom is -0.368 e. The van der Waals surface area contributed by atoms with Crippen LogP contribution in [-0.2, 0) is 0 Å². The zero-order chi connectivity index (χ0) is 13.3. The monoisotopic (exact) mass is 246 g/mol. The Morgan fingerprint density at radius 1 is 1.17 bits per heavy atom. The van der Waals surface area contributed by atoms with Gasteiger partial charge in [-0.2, -0.15) is 0 Å². The molecular weight excluding hydrogens is 220 g/mol. The first-order valence-corrected chi connectivity index (χ1v) is 7.09. The molecule has 0 amide bonds. The third kappa shape index (κ3) is 2.86. The number of aryl methyl sites for hydroxylation is 1. The van der Waals surface area contributed by atoms with Crippen LogP contribution in [0.25, 0.3) is 0 Å². The van der Waals surface area contributed by atoms with Crippen molar-refractivity contribution in [3.8, 4) is 0 Å². The molecule has 2 nitrogen and oxygen atoms in total. The van der Waals surface area contributed by atoms with Crippen molar-refractivity contribution in [2.75, 3.05) is 18.0 Å². The van der Waals surface area contributed by atoms with E-state index in [1.165, 1.54) is 16.8 Å². The van der Waals surface area contributed by atoms with Crippen molar-refractivity contribution in [3.63, 3.8) is 0 Å². The molecule has 1 aromatic carbocycles. The largest absolute Gasteiger partial charge is 0.368 e. The summed E-state index contributed by atoms with van der Waals surface area (Å²) in [6.45, 7) is 13.5. The second-order valence-electron chi connectivity index (χ2n) is 6.07. The Hall–Kier alpha value is -1.02. The first kappa shape index (κ1) is 13.4. The molecule has 1 saturated heterocycles. The second kappa shape index (κ2) is 5.31. The summed E-state index contributed by atoms with van der Waals surface area (Å²) in [5.74, 6) is 0.610. The molecule has 18 heavy (non-hydrogen) atoms. The number of piperazine rings is 1. The maximum Gasteiger partial charge on any atom is 0.0397 e. The lowest BCUT2D eigenvalue weighted by Gasteiger charge is -2.38. The van der Waals surface area contributed by atoms with Gasteiger partial charge in [0.15, 0.2) is 0 Å². The van der Waals surface area contributed by atoms with Gasteiger partial charge in [0.1, 0.15) is 0 Å². The van der Waals surface area contributed by atoms with Gasteiger partial charge in [-0.1, -0.05) is 26.0 Å². The van der Waals surface area contributed by atoms with Gasteiger partial charge in [0.25, 0.3) is 0 Å². The molecule has 0 saturated carbocycles. The Balaban J connectivity index is 2.22. The van der Waals surface area contributed by atoms with E-state index in [0.717, 1.165) is 13.1 Å². The van der Waals surface area contributed by atoms with Crippen molar-refractivity contribution in [1.29, 1.82) is 0 Å². The Morgan fingerprint density at radius 3 is 2.28 bits per heavy atom. The summed E-state index contributed by atoms with van der Waals surface area (Å²) < 4.78 is 0. The van der Waals surface area contributed by atoms with Crippen LogP contribution in [-0.4, -0.2) is 25.2 Å². The summed E-state index contributed by atoms with van der Waals surface area (Å²) in [6.07, 6.45) is 0. The predicted octanol–water partition coefficient (Wildman–Crippen LogP) is 3.31. The highest BCUT2D eigenvalue weighted by molar-refractivity contribution is 5.55. The van der Waals surface area contributed by atoms with E-state index in [2.05, 4.69) is 63.0 Å². The summed E-state index contributed by atoms with van der Waals surface area (Å²) in [5.41, 5.74) is 4.24. The van der Waals surface area contributed by atoms with Gasteiger partial charge in [-0.25, -0.2) is 0 Å². The maximum absolute atomic E-state index is 3.59. The smallest absolute Gasteiger partial charge is 0.0397 e. The van der Waals surface area contributed by atoms with Crippen LogP contribution in [0.5, 0.6) is 0 Å². The normalized spacial score (nSPS) is 24.7. The summed E-state index contributed by atoms with van der Waals surface area (Å²) >= 11 is 0. The highest BCUT2D eigenvalue weighted by atomic mass is 15.2. The molecule has 2 heteroatoms. The zero-order valence-electron chi connectivity index (χ0n) is 12.3. The van der Waals surface area contributed by atoms with Gasteiger partial charge >= 0.3 is 0 Å². The van der Waals surface area contributed by atoms with Gasteiger partial charge in [-0.3, -0.25) is 0 Å². The van der Waals surface area contributed by atoms with Crippen LogP contribution < -0.4 is 10.2 Å². The van der Waals surface area contributed by atoms with E-state index in [4.69, 9.17) is 0 Å². The number of anilines is 1. The number of nitrogens with one attached hydrogen (secondary N) is 1. The molecule has 1 aliphatic heterocycles. The molecule has 1 fully saturated rings. The molecule has 0 radical (unpaired) electrons. The lowest BCUT2D eigenvalue weighted by Crippen LogP contribution is -2.54. The van der Waals surface area contributed by atoms with Crippen LogP contribution in [0.3, 0.4) is 0 Å². The molecule has 1 heterocycles. The Kier molecular flexibility index (Phi) is 3.96. The second-order valence-corrected chi connectivity index (χ2v) is 6.07. The summed E-state index contributed by atoms with van der Waals surface area (Å²) in [6, 6.07) is 8.06. The fourth-order valence-electron chi connectivity index (χ4n) is 2.92. The summed E-state index contributed by atoms with van der Waals surface area (Å²) in [5, 5.41) is 3.59. The lowest BCUT2D eigenvalue weighted by molar-refractivity contribution is 0.406. The van der Waals surface area contributed by atoms with E-state index >= 15 is 0 Å². The molecule has 0 aliphatic carbocycles. The third-order valence-electron chi connectivity index (χ3n) is 3.79. The lowest BCUT2D eigenvalue weighted by atomic mass is 9.99.